The zero-order valence-corrected chi connectivity index (χ0v) is 11.7. The Hall–Kier alpha value is -0.830. The monoisotopic (exact) mass is 255 g/mol. The van der Waals surface area contributed by atoms with Crippen molar-refractivity contribution in [1.82, 2.24) is 9.97 Å². The Morgan fingerprint density at radius 1 is 1.24 bits per heavy atom. The van der Waals surface area contributed by atoms with Crippen molar-refractivity contribution in [2.75, 3.05) is 17.7 Å². The zero-order valence-electron chi connectivity index (χ0n) is 11.0. The lowest BCUT2D eigenvalue weighted by Crippen LogP contribution is -2.07. The van der Waals surface area contributed by atoms with E-state index in [1.807, 2.05) is 13.0 Å². The number of alkyl halides is 1. The van der Waals surface area contributed by atoms with Crippen LogP contribution in [0.4, 0.5) is 5.82 Å². The summed E-state index contributed by atoms with van der Waals surface area (Å²) in [4.78, 5) is 8.93. The van der Waals surface area contributed by atoms with Crippen LogP contribution in [-0.4, -0.2) is 22.4 Å². The zero-order chi connectivity index (χ0) is 12.7. The predicted octanol–water partition coefficient (Wildman–Crippen LogP) is 3.73. The van der Waals surface area contributed by atoms with Gasteiger partial charge in [0, 0.05) is 30.1 Å². The van der Waals surface area contributed by atoms with Gasteiger partial charge in [-0.1, -0.05) is 20.3 Å². The molecule has 96 valence electrons. The van der Waals surface area contributed by atoms with E-state index in [0.29, 0.717) is 5.92 Å². The molecule has 0 radical (unpaired) electrons. The van der Waals surface area contributed by atoms with Crippen LogP contribution in [0.1, 0.15) is 50.5 Å². The molecular formula is C13H22ClN3. The van der Waals surface area contributed by atoms with Gasteiger partial charge < -0.3 is 5.32 Å². The first-order valence-electron chi connectivity index (χ1n) is 6.29. The van der Waals surface area contributed by atoms with Crippen LogP contribution in [0.5, 0.6) is 0 Å². The maximum atomic E-state index is 5.63. The highest BCUT2D eigenvalue weighted by Gasteiger charge is 2.05. The number of unbranched alkanes of at least 4 members (excludes halogenated alkanes) is 2. The fourth-order valence-corrected chi connectivity index (χ4v) is 1.74. The molecule has 1 heterocycles. The Bertz CT molecular complexity index is 339. The molecule has 0 aliphatic carbocycles. The van der Waals surface area contributed by atoms with Gasteiger partial charge in [-0.05, 0) is 19.8 Å². The molecule has 3 nitrogen and oxygen atoms in total. The van der Waals surface area contributed by atoms with Crippen LogP contribution in [0.15, 0.2) is 6.07 Å². The van der Waals surface area contributed by atoms with E-state index in [2.05, 4.69) is 29.1 Å². The fraction of sp³-hybridized carbons (Fsp3) is 0.692. The highest BCUT2D eigenvalue weighted by Crippen LogP contribution is 2.13. The third-order valence-electron chi connectivity index (χ3n) is 2.50. The summed E-state index contributed by atoms with van der Waals surface area (Å²) in [5.41, 5.74) is 1.02. The molecule has 1 aromatic rings. The molecule has 0 unspecified atom stereocenters. The van der Waals surface area contributed by atoms with Crippen molar-refractivity contribution in [3.63, 3.8) is 0 Å². The molecule has 0 saturated heterocycles. The molecule has 0 saturated carbocycles. The average molecular weight is 256 g/mol. The lowest BCUT2D eigenvalue weighted by atomic mass is 10.2. The quantitative estimate of drug-likeness (QED) is 0.596. The minimum atomic E-state index is 0.367. The molecule has 17 heavy (non-hydrogen) atoms. The van der Waals surface area contributed by atoms with E-state index in [-0.39, 0.29) is 0 Å². The molecule has 0 fully saturated rings. The van der Waals surface area contributed by atoms with Gasteiger partial charge in [0.15, 0.2) is 0 Å². The number of hydrogen-bond acceptors (Lipinski definition) is 3. The Morgan fingerprint density at radius 3 is 2.65 bits per heavy atom. The van der Waals surface area contributed by atoms with Crippen molar-refractivity contribution < 1.29 is 0 Å². The van der Waals surface area contributed by atoms with Gasteiger partial charge in [-0.25, -0.2) is 9.97 Å². The van der Waals surface area contributed by atoms with E-state index in [1.54, 1.807) is 0 Å². The van der Waals surface area contributed by atoms with Crippen molar-refractivity contribution in [2.45, 2.75) is 46.0 Å². The highest BCUT2D eigenvalue weighted by atomic mass is 35.5. The van der Waals surface area contributed by atoms with Crippen LogP contribution in [-0.2, 0) is 0 Å². The molecular weight excluding hydrogens is 234 g/mol. The number of aromatic nitrogens is 2. The Kier molecular flexibility index (Phi) is 6.27. The molecule has 0 atom stereocenters. The van der Waals surface area contributed by atoms with Crippen LogP contribution in [0.3, 0.4) is 0 Å². The van der Waals surface area contributed by atoms with Gasteiger partial charge in [0.2, 0.25) is 0 Å². The standard InChI is InChI=1S/C13H22ClN3/c1-10(2)13-16-11(3)9-12(17-13)15-8-6-4-5-7-14/h9-10H,4-8H2,1-3H3,(H,15,16,17). The van der Waals surface area contributed by atoms with E-state index in [4.69, 9.17) is 11.6 Å². The minimum Gasteiger partial charge on any atom is -0.370 e. The van der Waals surface area contributed by atoms with Crippen molar-refractivity contribution in [3.05, 3.63) is 17.6 Å². The summed E-state index contributed by atoms with van der Waals surface area (Å²) in [7, 11) is 0. The predicted molar refractivity (Wildman–Crippen MR) is 73.9 cm³/mol. The van der Waals surface area contributed by atoms with Gasteiger partial charge in [0.1, 0.15) is 11.6 Å². The van der Waals surface area contributed by atoms with Crippen LogP contribution in [0, 0.1) is 6.92 Å². The van der Waals surface area contributed by atoms with Crippen molar-refractivity contribution in [2.24, 2.45) is 0 Å². The normalized spacial score (nSPS) is 10.9. The smallest absolute Gasteiger partial charge is 0.133 e. The van der Waals surface area contributed by atoms with Gasteiger partial charge in [-0.3, -0.25) is 0 Å². The summed E-state index contributed by atoms with van der Waals surface area (Å²) in [6.45, 7) is 7.18. The number of anilines is 1. The molecule has 0 bridgehead atoms. The number of halogens is 1. The molecule has 0 aliphatic rings. The van der Waals surface area contributed by atoms with Crippen molar-refractivity contribution in [3.8, 4) is 0 Å². The van der Waals surface area contributed by atoms with E-state index in [1.165, 1.54) is 0 Å². The van der Waals surface area contributed by atoms with E-state index < -0.39 is 0 Å². The highest BCUT2D eigenvalue weighted by molar-refractivity contribution is 6.17. The molecule has 0 aliphatic heterocycles. The lowest BCUT2D eigenvalue weighted by Gasteiger charge is -2.10. The summed E-state index contributed by atoms with van der Waals surface area (Å²) in [5.74, 6) is 2.97. The first kappa shape index (κ1) is 14.2. The molecule has 0 amide bonds. The maximum Gasteiger partial charge on any atom is 0.133 e. The first-order chi connectivity index (χ1) is 8.13. The van der Waals surface area contributed by atoms with Gasteiger partial charge in [0.25, 0.3) is 0 Å². The van der Waals surface area contributed by atoms with E-state index >= 15 is 0 Å². The van der Waals surface area contributed by atoms with Gasteiger partial charge in [-0.2, -0.15) is 0 Å². The van der Waals surface area contributed by atoms with Crippen LogP contribution >= 0.6 is 11.6 Å². The lowest BCUT2D eigenvalue weighted by molar-refractivity contribution is 0.738. The van der Waals surface area contributed by atoms with Crippen LogP contribution in [0.2, 0.25) is 0 Å². The third kappa shape index (κ3) is 5.35. The average Bonchev–Trinajstić information content (AvgIpc) is 2.28. The molecule has 1 N–H and O–H groups in total. The number of aryl methyl sites for hydroxylation is 1. The summed E-state index contributed by atoms with van der Waals surface area (Å²) in [5, 5.41) is 3.35. The minimum absolute atomic E-state index is 0.367. The van der Waals surface area contributed by atoms with E-state index in [9.17, 15) is 0 Å². The second-order valence-electron chi connectivity index (χ2n) is 4.58. The summed E-state index contributed by atoms with van der Waals surface area (Å²) in [6, 6.07) is 1.99. The second-order valence-corrected chi connectivity index (χ2v) is 4.96. The number of nitrogens with one attached hydrogen (secondary N) is 1. The molecule has 1 aromatic heterocycles. The van der Waals surface area contributed by atoms with Crippen molar-refractivity contribution in [1.29, 1.82) is 0 Å². The fourth-order valence-electron chi connectivity index (χ4n) is 1.55. The molecule has 1 rings (SSSR count). The molecule has 0 spiro atoms. The summed E-state index contributed by atoms with van der Waals surface area (Å²) < 4.78 is 0. The van der Waals surface area contributed by atoms with Gasteiger partial charge >= 0.3 is 0 Å². The van der Waals surface area contributed by atoms with E-state index in [0.717, 1.165) is 49.0 Å². The van der Waals surface area contributed by atoms with Gasteiger partial charge in [-0.15, -0.1) is 11.6 Å². The maximum absolute atomic E-state index is 5.63. The van der Waals surface area contributed by atoms with Crippen molar-refractivity contribution >= 4 is 17.4 Å². The Balaban J connectivity index is 2.47. The number of rotatable bonds is 7. The van der Waals surface area contributed by atoms with Crippen LogP contribution in [0.25, 0.3) is 0 Å². The number of hydrogen-bond donors (Lipinski definition) is 1. The topological polar surface area (TPSA) is 37.8 Å². The number of nitrogens with zero attached hydrogens (tertiary/aromatic N) is 2. The summed E-state index contributed by atoms with van der Waals surface area (Å²) in [6.07, 6.45) is 3.38. The van der Waals surface area contributed by atoms with Crippen LogP contribution < -0.4 is 5.32 Å². The largest absolute Gasteiger partial charge is 0.370 e. The molecule has 0 aromatic carbocycles. The molecule has 4 heteroatoms. The summed E-state index contributed by atoms with van der Waals surface area (Å²) >= 11 is 5.63. The SMILES string of the molecule is Cc1cc(NCCCCCCl)nc(C(C)C)n1. The van der Waals surface area contributed by atoms with Gasteiger partial charge in [0.05, 0.1) is 0 Å². The third-order valence-corrected chi connectivity index (χ3v) is 2.77. The second kappa shape index (κ2) is 7.49. The Morgan fingerprint density at radius 2 is 2.00 bits per heavy atom. The Labute approximate surface area is 109 Å². The first-order valence-corrected chi connectivity index (χ1v) is 6.82.